The van der Waals surface area contributed by atoms with Crippen molar-refractivity contribution in [2.24, 2.45) is 5.73 Å². The number of rotatable bonds is 2. The lowest BCUT2D eigenvalue weighted by Crippen LogP contribution is -2.11. The van der Waals surface area contributed by atoms with Crippen LogP contribution in [0.3, 0.4) is 0 Å². The van der Waals surface area contributed by atoms with Gasteiger partial charge in [-0.25, -0.2) is 0 Å². The van der Waals surface area contributed by atoms with E-state index in [1.165, 1.54) is 0 Å². The number of benzene rings is 2. The van der Waals surface area contributed by atoms with Crippen molar-refractivity contribution in [1.29, 1.82) is 0 Å². The minimum absolute atomic E-state index is 0.368. The number of halogens is 2. The number of para-hydroxylation sites is 1. The quantitative estimate of drug-likeness (QED) is 0.723. The van der Waals surface area contributed by atoms with Crippen molar-refractivity contribution in [1.82, 2.24) is 0 Å². The summed E-state index contributed by atoms with van der Waals surface area (Å²) < 4.78 is 6.70. The molecule has 0 amide bonds. The highest BCUT2D eigenvalue weighted by Crippen LogP contribution is 2.31. The van der Waals surface area contributed by atoms with E-state index in [1.54, 1.807) is 0 Å². The number of hydrogen-bond donors (Lipinski definition) is 1. The molecule has 1 unspecified atom stereocenters. The van der Waals surface area contributed by atoms with Crippen molar-refractivity contribution >= 4 is 38.5 Å². The van der Waals surface area contributed by atoms with Gasteiger partial charge in [0.15, 0.2) is 0 Å². The predicted molar refractivity (Wildman–Crippen MR) is 81.4 cm³/mol. The molecule has 0 aliphatic rings. The third-order valence-electron chi connectivity index (χ3n) is 3.05. The van der Waals surface area contributed by atoms with Gasteiger partial charge in [-0.2, -0.15) is 0 Å². The van der Waals surface area contributed by atoms with Crippen LogP contribution in [0, 0.1) is 0 Å². The van der Waals surface area contributed by atoms with Gasteiger partial charge in [0, 0.05) is 14.9 Å². The Morgan fingerprint density at radius 1 is 1.11 bits per heavy atom. The lowest BCUT2D eigenvalue weighted by Gasteiger charge is -2.11. The third kappa shape index (κ3) is 2.41. The molecule has 0 saturated heterocycles. The lowest BCUT2D eigenvalue weighted by molar-refractivity contribution is 0.525. The SMILES string of the molecule is NC(c1cc2ccccc2o1)c1ccc(Br)cc1Cl. The maximum Gasteiger partial charge on any atom is 0.134 e. The van der Waals surface area contributed by atoms with E-state index in [1.807, 2.05) is 48.5 Å². The summed E-state index contributed by atoms with van der Waals surface area (Å²) in [5.74, 6) is 0.713. The Balaban J connectivity index is 2.05. The van der Waals surface area contributed by atoms with E-state index < -0.39 is 0 Å². The van der Waals surface area contributed by atoms with Gasteiger partial charge < -0.3 is 10.2 Å². The first kappa shape index (κ1) is 12.7. The zero-order valence-electron chi connectivity index (χ0n) is 9.94. The van der Waals surface area contributed by atoms with Crippen LogP contribution < -0.4 is 5.73 Å². The highest BCUT2D eigenvalue weighted by Gasteiger charge is 2.16. The number of hydrogen-bond acceptors (Lipinski definition) is 2. The van der Waals surface area contributed by atoms with Crippen LogP contribution in [-0.2, 0) is 0 Å². The molecule has 0 fully saturated rings. The molecule has 0 aliphatic carbocycles. The van der Waals surface area contributed by atoms with Crippen LogP contribution >= 0.6 is 27.5 Å². The molecule has 19 heavy (non-hydrogen) atoms. The molecule has 2 N–H and O–H groups in total. The Hall–Kier alpha value is -1.29. The average molecular weight is 337 g/mol. The van der Waals surface area contributed by atoms with Crippen LogP contribution in [0.15, 0.2) is 57.4 Å². The van der Waals surface area contributed by atoms with Crippen molar-refractivity contribution in [2.75, 3.05) is 0 Å². The molecule has 0 saturated carbocycles. The molecule has 0 radical (unpaired) electrons. The minimum atomic E-state index is -0.368. The molecule has 2 aromatic carbocycles. The van der Waals surface area contributed by atoms with Crippen LogP contribution in [0.4, 0.5) is 0 Å². The average Bonchev–Trinajstić information content (AvgIpc) is 2.81. The summed E-state index contributed by atoms with van der Waals surface area (Å²) in [7, 11) is 0. The summed E-state index contributed by atoms with van der Waals surface area (Å²) in [5, 5.41) is 1.67. The fraction of sp³-hybridized carbons (Fsp3) is 0.0667. The number of nitrogens with two attached hydrogens (primary N) is 1. The second-order valence-corrected chi connectivity index (χ2v) is 5.65. The molecule has 1 atom stereocenters. The van der Waals surface area contributed by atoms with Crippen LogP contribution in [0.2, 0.25) is 5.02 Å². The van der Waals surface area contributed by atoms with E-state index in [0.29, 0.717) is 10.8 Å². The lowest BCUT2D eigenvalue weighted by atomic mass is 10.1. The fourth-order valence-corrected chi connectivity index (χ4v) is 2.85. The molecule has 0 bridgehead atoms. The molecule has 96 valence electrons. The Bertz CT molecular complexity index is 705. The maximum absolute atomic E-state index is 6.24. The van der Waals surface area contributed by atoms with Gasteiger partial charge >= 0.3 is 0 Å². The highest BCUT2D eigenvalue weighted by atomic mass is 79.9. The smallest absolute Gasteiger partial charge is 0.134 e. The van der Waals surface area contributed by atoms with Gasteiger partial charge in [-0.05, 0) is 29.8 Å². The molecule has 3 aromatic rings. The van der Waals surface area contributed by atoms with E-state index in [4.69, 9.17) is 21.8 Å². The van der Waals surface area contributed by atoms with Crippen molar-refractivity contribution in [3.8, 4) is 0 Å². The van der Waals surface area contributed by atoms with Crippen molar-refractivity contribution in [2.45, 2.75) is 6.04 Å². The van der Waals surface area contributed by atoms with Gasteiger partial charge in [0.05, 0.1) is 6.04 Å². The number of furan rings is 1. The Labute approximate surface area is 124 Å². The highest BCUT2D eigenvalue weighted by molar-refractivity contribution is 9.10. The largest absolute Gasteiger partial charge is 0.459 e. The summed E-state index contributed by atoms with van der Waals surface area (Å²) in [6.07, 6.45) is 0. The Morgan fingerprint density at radius 3 is 2.63 bits per heavy atom. The number of fused-ring (bicyclic) bond motifs is 1. The first-order chi connectivity index (χ1) is 9.15. The molecular formula is C15H11BrClNO. The van der Waals surface area contributed by atoms with Crippen LogP contribution in [-0.4, -0.2) is 0 Å². The van der Waals surface area contributed by atoms with Gasteiger partial charge in [-0.1, -0.05) is 51.8 Å². The zero-order chi connectivity index (χ0) is 13.4. The third-order valence-corrected chi connectivity index (χ3v) is 3.87. The molecule has 0 aliphatic heterocycles. The van der Waals surface area contributed by atoms with Crippen molar-refractivity contribution < 1.29 is 4.42 Å². The molecule has 1 aromatic heterocycles. The summed E-state index contributed by atoms with van der Waals surface area (Å²) in [6.45, 7) is 0. The predicted octanol–water partition coefficient (Wildman–Crippen LogP) is 4.90. The first-order valence-corrected chi connectivity index (χ1v) is 7.01. The summed E-state index contributed by atoms with van der Waals surface area (Å²) in [5.41, 5.74) is 7.92. The second kappa shape index (κ2) is 5.00. The van der Waals surface area contributed by atoms with Gasteiger partial charge in [-0.3, -0.25) is 0 Å². The molecule has 3 rings (SSSR count). The topological polar surface area (TPSA) is 39.2 Å². The Kier molecular flexibility index (Phi) is 3.35. The van der Waals surface area contributed by atoms with Gasteiger partial charge in [0.25, 0.3) is 0 Å². The van der Waals surface area contributed by atoms with Crippen LogP contribution in [0.5, 0.6) is 0 Å². The van der Waals surface area contributed by atoms with Crippen molar-refractivity contribution in [3.63, 3.8) is 0 Å². The zero-order valence-corrected chi connectivity index (χ0v) is 12.3. The normalized spacial score (nSPS) is 12.8. The summed E-state index contributed by atoms with van der Waals surface area (Å²) in [6, 6.07) is 15.1. The van der Waals surface area contributed by atoms with Gasteiger partial charge in [0.2, 0.25) is 0 Å². The van der Waals surface area contributed by atoms with E-state index in [-0.39, 0.29) is 6.04 Å². The summed E-state index contributed by atoms with van der Waals surface area (Å²) >= 11 is 9.60. The maximum atomic E-state index is 6.24. The van der Waals surface area contributed by atoms with E-state index in [9.17, 15) is 0 Å². The fourth-order valence-electron chi connectivity index (χ4n) is 2.06. The summed E-state index contributed by atoms with van der Waals surface area (Å²) in [4.78, 5) is 0. The molecule has 1 heterocycles. The Morgan fingerprint density at radius 2 is 1.89 bits per heavy atom. The molecular weight excluding hydrogens is 326 g/mol. The molecule has 0 spiro atoms. The monoisotopic (exact) mass is 335 g/mol. The first-order valence-electron chi connectivity index (χ1n) is 5.84. The molecule has 4 heteroatoms. The second-order valence-electron chi connectivity index (χ2n) is 4.33. The van der Waals surface area contributed by atoms with Crippen LogP contribution in [0.25, 0.3) is 11.0 Å². The van der Waals surface area contributed by atoms with Crippen molar-refractivity contribution in [3.05, 3.63) is 69.3 Å². The van der Waals surface area contributed by atoms with Gasteiger partial charge in [-0.15, -0.1) is 0 Å². The van der Waals surface area contributed by atoms with E-state index in [2.05, 4.69) is 15.9 Å². The van der Waals surface area contributed by atoms with E-state index >= 15 is 0 Å². The van der Waals surface area contributed by atoms with Gasteiger partial charge in [0.1, 0.15) is 11.3 Å². The van der Waals surface area contributed by atoms with E-state index in [0.717, 1.165) is 21.0 Å². The molecule has 2 nitrogen and oxygen atoms in total. The minimum Gasteiger partial charge on any atom is -0.459 e. The standard InChI is InChI=1S/C15H11BrClNO/c16-10-5-6-11(12(17)8-10)15(18)14-7-9-3-1-2-4-13(9)19-14/h1-8,15H,18H2. The van der Waals surface area contributed by atoms with Crippen LogP contribution in [0.1, 0.15) is 17.4 Å².